The van der Waals surface area contributed by atoms with Gasteiger partial charge in [-0.05, 0) is 42.7 Å². The molecule has 29 heavy (non-hydrogen) atoms. The summed E-state index contributed by atoms with van der Waals surface area (Å²) in [7, 11) is 3.42. The summed E-state index contributed by atoms with van der Waals surface area (Å²) < 4.78 is 9.82. The molecule has 0 spiro atoms. The summed E-state index contributed by atoms with van der Waals surface area (Å²) in [4.78, 5) is 23.7. The number of para-hydroxylation sites is 1. The van der Waals surface area contributed by atoms with Crippen molar-refractivity contribution in [2.24, 2.45) is 5.73 Å². The van der Waals surface area contributed by atoms with E-state index in [1.165, 1.54) is 0 Å². The van der Waals surface area contributed by atoms with Gasteiger partial charge < -0.3 is 25.4 Å². The lowest BCUT2D eigenvalue weighted by Crippen LogP contribution is -2.18. The van der Waals surface area contributed by atoms with Crippen LogP contribution in [0.15, 0.2) is 42.5 Å². The topological polar surface area (TPSA) is 120 Å². The number of nitrogens with one attached hydrogen (secondary N) is 1. The van der Waals surface area contributed by atoms with Gasteiger partial charge in [-0.3, -0.25) is 10.1 Å². The van der Waals surface area contributed by atoms with Crippen LogP contribution < -0.4 is 20.7 Å². The Balaban J connectivity index is 2.06. The quantitative estimate of drug-likeness (QED) is 0.335. The first-order valence-corrected chi connectivity index (χ1v) is 9.20. The third-order valence-corrected chi connectivity index (χ3v) is 4.32. The standard InChI is InChI=1S/C20H26N4O5/c1-23(14-15-8-10-16(28-2)11-9-15)18-7-5-6-17(19(18)24(26)27)22-12-3-4-13-29-20(21)25/h5-11,22H,3-4,12-14H2,1-2H3,(H2,21,25). The Kier molecular flexibility index (Phi) is 8.08. The Hall–Kier alpha value is -3.49. The van der Waals surface area contributed by atoms with E-state index in [0.717, 1.165) is 11.3 Å². The van der Waals surface area contributed by atoms with Crippen LogP contribution in [0.1, 0.15) is 18.4 Å². The molecule has 0 aliphatic rings. The van der Waals surface area contributed by atoms with Crippen molar-refractivity contribution in [2.45, 2.75) is 19.4 Å². The van der Waals surface area contributed by atoms with Crippen LogP contribution in [0.3, 0.4) is 0 Å². The summed E-state index contributed by atoms with van der Waals surface area (Å²) in [5.74, 6) is 0.759. The number of anilines is 2. The number of carbonyl (C=O) groups excluding carboxylic acids is 1. The minimum absolute atomic E-state index is 0.0249. The van der Waals surface area contributed by atoms with E-state index in [1.54, 1.807) is 25.3 Å². The molecule has 2 aromatic rings. The van der Waals surface area contributed by atoms with Gasteiger partial charge in [-0.2, -0.15) is 0 Å². The fourth-order valence-corrected chi connectivity index (χ4v) is 2.89. The Morgan fingerprint density at radius 1 is 1.21 bits per heavy atom. The van der Waals surface area contributed by atoms with Crippen LogP contribution in [0.5, 0.6) is 5.75 Å². The number of carbonyl (C=O) groups is 1. The maximum absolute atomic E-state index is 11.7. The second-order valence-electron chi connectivity index (χ2n) is 6.44. The SMILES string of the molecule is COc1ccc(CN(C)c2cccc(NCCCCOC(N)=O)c2[N+](=O)[O-])cc1. The minimum atomic E-state index is -0.804. The molecule has 2 rings (SSSR count). The van der Waals surface area contributed by atoms with E-state index in [1.807, 2.05) is 36.2 Å². The van der Waals surface area contributed by atoms with Crippen molar-refractivity contribution in [1.29, 1.82) is 0 Å². The molecule has 156 valence electrons. The molecule has 0 aliphatic heterocycles. The molecular formula is C20H26N4O5. The van der Waals surface area contributed by atoms with Crippen LogP contribution in [-0.2, 0) is 11.3 Å². The van der Waals surface area contributed by atoms with Crippen molar-refractivity contribution in [1.82, 2.24) is 0 Å². The molecule has 0 saturated carbocycles. The number of nitro groups is 1. The van der Waals surface area contributed by atoms with Gasteiger partial charge in [-0.25, -0.2) is 4.79 Å². The lowest BCUT2D eigenvalue weighted by Gasteiger charge is -2.21. The van der Waals surface area contributed by atoms with Crippen LogP contribution in [0.25, 0.3) is 0 Å². The number of rotatable bonds is 11. The van der Waals surface area contributed by atoms with Crippen molar-refractivity contribution in [3.63, 3.8) is 0 Å². The highest BCUT2D eigenvalue weighted by atomic mass is 16.6. The molecule has 9 nitrogen and oxygen atoms in total. The molecule has 3 N–H and O–H groups in total. The molecule has 0 unspecified atom stereocenters. The Bertz CT molecular complexity index is 826. The zero-order chi connectivity index (χ0) is 21.2. The lowest BCUT2D eigenvalue weighted by molar-refractivity contribution is -0.383. The number of nitrogens with two attached hydrogens (primary N) is 1. The van der Waals surface area contributed by atoms with Gasteiger partial charge in [0.2, 0.25) is 0 Å². The number of unbranched alkanes of at least 4 members (excludes halogenated alkanes) is 1. The minimum Gasteiger partial charge on any atom is -0.497 e. The number of hydrogen-bond donors (Lipinski definition) is 2. The number of hydrogen-bond acceptors (Lipinski definition) is 7. The highest BCUT2D eigenvalue weighted by Gasteiger charge is 2.22. The molecule has 0 atom stereocenters. The van der Waals surface area contributed by atoms with Gasteiger partial charge in [0, 0.05) is 20.1 Å². The molecule has 0 radical (unpaired) electrons. The third kappa shape index (κ3) is 6.56. The fraction of sp³-hybridized carbons (Fsp3) is 0.350. The number of primary amides is 1. The molecule has 1 amide bonds. The van der Waals surface area contributed by atoms with Crippen LogP contribution in [0, 0.1) is 10.1 Å². The molecule has 0 heterocycles. The van der Waals surface area contributed by atoms with Gasteiger partial charge in [0.05, 0.1) is 18.6 Å². The number of benzene rings is 2. The van der Waals surface area contributed by atoms with Gasteiger partial charge in [-0.1, -0.05) is 18.2 Å². The second kappa shape index (κ2) is 10.7. The number of nitro benzene ring substituents is 1. The second-order valence-corrected chi connectivity index (χ2v) is 6.44. The van der Waals surface area contributed by atoms with E-state index < -0.39 is 6.09 Å². The average molecular weight is 402 g/mol. The third-order valence-electron chi connectivity index (χ3n) is 4.32. The van der Waals surface area contributed by atoms with Crippen molar-refractivity contribution in [3.05, 3.63) is 58.1 Å². The molecule has 0 aromatic heterocycles. The van der Waals surface area contributed by atoms with Crippen molar-refractivity contribution in [2.75, 3.05) is 37.5 Å². The van der Waals surface area contributed by atoms with E-state index in [0.29, 0.717) is 37.3 Å². The van der Waals surface area contributed by atoms with Crippen LogP contribution >= 0.6 is 0 Å². The van der Waals surface area contributed by atoms with E-state index >= 15 is 0 Å². The van der Waals surface area contributed by atoms with E-state index in [4.69, 9.17) is 10.5 Å². The first-order valence-electron chi connectivity index (χ1n) is 9.20. The number of nitrogens with zero attached hydrogens (tertiary/aromatic N) is 2. The predicted molar refractivity (Wildman–Crippen MR) is 111 cm³/mol. The first-order chi connectivity index (χ1) is 13.9. The Labute approximate surface area is 169 Å². The Morgan fingerprint density at radius 3 is 2.55 bits per heavy atom. The van der Waals surface area contributed by atoms with Gasteiger partial charge in [0.15, 0.2) is 0 Å². The molecule has 0 saturated heterocycles. The van der Waals surface area contributed by atoms with Gasteiger partial charge in [0.25, 0.3) is 0 Å². The molecule has 0 aliphatic carbocycles. The molecule has 0 fully saturated rings. The summed E-state index contributed by atoms with van der Waals surface area (Å²) >= 11 is 0. The van der Waals surface area contributed by atoms with Gasteiger partial charge >= 0.3 is 11.8 Å². The summed E-state index contributed by atoms with van der Waals surface area (Å²) in [5.41, 5.74) is 6.91. The summed E-state index contributed by atoms with van der Waals surface area (Å²) in [6, 6.07) is 12.8. The maximum atomic E-state index is 11.7. The normalized spacial score (nSPS) is 10.3. The zero-order valence-corrected chi connectivity index (χ0v) is 16.6. The predicted octanol–water partition coefficient (Wildman–Crippen LogP) is 3.53. The Morgan fingerprint density at radius 2 is 1.93 bits per heavy atom. The smallest absolute Gasteiger partial charge is 0.404 e. The van der Waals surface area contributed by atoms with Crippen LogP contribution in [0.2, 0.25) is 0 Å². The largest absolute Gasteiger partial charge is 0.497 e. The number of methoxy groups -OCH3 is 1. The average Bonchev–Trinajstić information content (AvgIpc) is 2.70. The number of amides is 1. The highest BCUT2D eigenvalue weighted by molar-refractivity contribution is 5.77. The fourth-order valence-electron chi connectivity index (χ4n) is 2.89. The molecule has 2 aromatic carbocycles. The lowest BCUT2D eigenvalue weighted by atomic mass is 10.1. The van der Waals surface area contributed by atoms with Gasteiger partial charge in [-0.15, -0.1) is 0 Å². The van der Waals surface area contributed by atoms with E-state index in [-0.39, 0.29) is 17.2 Å². The van der Waals surface area contributed by atoms with Crippen LogP contribution in [-0.4, -0.2) is 38.3 Å². The highest BCUT2D eigenvalue weighted by Crippen LogP contribution is 2.35. The summed E-state index contributed by atoms with van der Waals surface area (Å²) in [5, 5.41) is 14.8. The zero-order valence-electron chi connectivity index (χ0n) is 16.6. The van der Waals surface area contributed by atoms with Crippen molar-refractivity contribution in [3.8, 4) is 5.75 Å². The number of ether oxygens (including phenoxy) is 2. The molecular weight excluding hydrogens is 376 g/mol. The van der Waals surface area contributed by atoms with E-state index in [9.17, 15) is 14.9 Å². The molecule has 9 heteroatoms. The summed E-state index contributed by atoms with van der Waals surface area (Å²) in [6.45, 7) is 1.25. The molecule has 0 bridgehead atoms. The van der Waals surface area contributed by atoms with Crippen LogP contribution in [0.4, 0.5) is 21.9 Å². The van der Waals surface area contributed by atoms with Crippen molar-refractivity contribution < 1.29 is 19.2 Å². The monoisotopic (exact) mass is 402 g/mol. The van der Waals surface area contributed by atoms with E-state index in [2.05, 4.69) is 10.1 Å². The first kappa shape index (κ1) is 21.8. The van der Waals surface area contributed by atoms with Crippen molar-refractivity contribution >= 4 is 23.2 Å². The van der Waals surface area contributed by atoms with Gasteiger partial charge in [0.1, 0.15) is 17.1 Å². The summed E-state index contributed by atoms with van der Waals surface area (Å²) in [6.07, 6.45) is 0.484. The maximum Gasteiger partial charge on any atom is 0.404 e.